The number of nitrogens with zero attached hydrogens (tertiary/aromatic N) is 5. The SMILES string of the molecule is CCC1=C(n2c(N3CCNCC3)nc3c2c(=O)n(C)c(=O)n3C)CCC=C1. The number of piperazine rings is 1. The first-order valence-corrected chi connectivity index (χ1v) is 9.57. The molecule has 0 amide bonds. The van der Waals surface area contributed by atoms with E-state index >= 15 is 0 Å². The zero-order valence-electron chi connectivity index (χ0n) is 16.2. The molecule has 0 bridgehead atoms. The smallest absolute Gasteiger partial charge is 0.332 e. The van der Waals surface area contributed by atoms with Crippen molar-refractivity contribution in [2.75, 3.05) is 31.1 Å². The zero-order chi connectivity index (χ0) is 19.1. The molecule has 144 valence electrons. The van der Waals surface area contributed by atoms with Gasteiger partial charge < -0.3 is 10.2 Å². The van der Waals surface area contributed by atoms with Gasteiger partial charge in [-0.15, -0.1) is 0 Å². The van der Waals surface area contributed by atoms with E-state index in [-0.39, 0.29) is 11.2 Å². The minimum Gasteiger partial charge on any atom is -0.339 e. The highest BCUT2D eigenvalue weighted by molar-refractivity contribution is 5.81. The Labute approximate surface area is 157 Å². The summed E-state index contributed by atoms with van der Waals surface area (Å²) in [5.74, 6) is 0.765. The molecule has 0 radical (unpaired) electrons. The normalized spacial score (nSPS) is 18.0. The zero-order valence-corrected chi connectivity index (χ0v) is 16.2. The molecule has 3 heterocycles. The molecule has 0 aromatic carbocycles. The van der Waals surface area contributed by atoms with E-state index in [2.05, 4.69) is 29.3 Å². The minimum atomic E-state index is -0.350. The summed E-state index contributed by atoms with van der Waals surface area (Å²) in [5.41, 5.74) is 2.63. The third-order valence-electron chi connectivity index (χ3n) is 5.53. The second-order valence-electron chi connectivity index (χ2n) is 7.13. The second kappa shape index (κ2) is 6.84. The average molecular weight is 370 g/mol. The maximum absolute atomic E-state index is 13.1. The largest absolute Gasteiger partial charge is 0.339 e. The summed E-state index contributed by atoms with van der Waals surface area (Å²) in [7, 11) is 3.21. The van der Waals surface area contributed by atoms with Crippen LogP contribution in [-0.2, 0) is 14.1 Å². The molecule has 0 atom stereocenters. The maximum Gasteiger partial charge on any atom is 0.332 e. The topological polar surface area (TPSA) is 77.1 Å². The monoisotopic (exact) mass is 370 g/mol. The summed E-state index contributed by atoms with van der Waals surface area (Å²) in [6.07, 6.45) is 7.01. The quantitative estimate of drug-likeness (QED) is 0.865. The Morgan fingerprint density at radius 1 is 1.15 bits per heavy atom. The van der Waals surface area contributed by atoms with Crippen molar-refractivity contribution in [2.45, 2.75) is 26.2 Å². The predicted molar refractivity (Wildman–Crippen MR) is 107 cm³/mol. The Kier molecular flexibility index (Phi) is 4.51. The summed E-state index contributed by atoms with van der Waals surface area (Å²) in [5, 5.41) is 3.36. The molecular weight excluding hydrogens is 344 g/mol. The van der Waals surface area contributed by atoms with E-state index in [4.69, 9.17) is 4.98 Å². The molecule has 1 aliphatic heterocycles. The molecule has 2 aromatic heterocycles. The molecule has 2 aliphatic rings. The number of anilines is 1. The summed E-state index contributed by atoms with van der Waals surface area (Å²) < 4.78 is 4.67. The number of fused-ring (bicyclic) bond motifs is 1. The van der Waals surface area contributed by atoms with Crippen LogP contribution in [0.15, 0.2) is 27.3 Å². The van der Waals surface area contributed by atoms with Crippen LogP contribution < -0.4 is 21.5 Å². The number of imidazole rings is 1. The summed E-state index contributed by atoms with van der Waals surface area (Å²) in [6, 6.07) is 0. The fourth-order valence-corrected chi connectivity index (χ4v) is 4.00. The highest BCUT2D eigenvalue weighted by atomic mass is 16.2. The fraction of sp³-hybridized carbons (Fsp3) is 0.526. The van der Waals surface area contributed by atoms with Crippen molar-refractivity contribution < 1.29 is 0 Å². The van der Waals surface area contributed by atoms with E-state index in [1.165, 1.54) is 21.8 Å². The van der Waals surface area contributed by atoms with Crippen LogP contribution in [0.1, 0.15) is 26.2 Å². The van der Waals surface area contributed by atoms with Gasteiger partial charge in [0.1, 0.15) is 0 Å². The van der Waals surface area contributed by atoms with Gasteiger partial charge in [0.05, 0.1) is 0 Å². The van der Waals surface area contributed by atoms with Gasteiger partial charge in [0.2, 0.25) is 5.95 Å². The molecule has 27 heavy (non-hydrogen) atoms. The number of hydrogen-bond donors (Lipinski definition) is 1. The standard InChI is InChI=1S/C19H26N6O2/c1-4-13-7-5-6-8-14(13)25-15-16(22(2)19(27)23(3)17(15)26)21-18(25)24-11-9-20-10-12-24/h5,7,20H,4,6,8-12H2,1-3H3. The third-order valence-corrected chi connectivity index (χ3v) is 5.53. The Morgan fingerprint density at radius 2 is 1.89 bits per heavy atom. The van der Waals surface area contributed by atoms with Gasteiger partial charge in [-0.3, -0.25) is 18.5 Å². The van der Waals surface area contributed by atoms with Gasteiger partial charge in [-0.1, -0.05) is 19.1 Å². The van der Waals surface area contributed by atoms with Gasteiger partial charge in [0, 0.05) is 46.0 Å². The van der Waals surface area contributed by atoms with Gasteiger partial charge in [-0.05, 0) is 24.8 Å². The maximum atomic E-state index is 13.1. The third kappa shape index (κ3) is 2.75. The van der Waals surface area contributed by atoms with Crippen LogP contribution in [0, 0.1) is 0 Å². The molecule has 1 fully saturated rings. The van der Waals surface area contributed by atoms with Crippen molar-refractivity contribution in [1.82, 2.24) is 24.0 Å². The lowest BCUT2D eigenvalue weighted by atomic mass is 10.0. The van der Waals surface area contributed by atoms with E-state index in [9.17, 15) is 9.59 Å². The molecule has 4 rings (SSSR count). The number of allylic oxidation sites excluding steroid dienone is 4. The number of aryl methyl sites for hydroxylation is 1. The lowest BCUT2D eigenvalue weighted by molar-refractivity contribution is 0.578. The lowest BCUT2D eigenvalue weighted by Crippen LogP contribution is -2.44. The van der Waals surface area contributed by atoms with Crippen LogP contribution in [0.25, 0.3) is 16.9 Å². The fourth-order valence-electron chi connectivity index (χ4n) is 4.00. The van der Waals surface area contributed by atoms with Gasteiger partial charge in [-0.2, -0.15) is 4.98 Å². The molecule has 0 spiro atoms. The van der Waals surface area contributed by atoms with Crippen molar-refractivity contribution in [3.8, 4) is 0 Å². The first-order valence-electron chi connectivity index (χ1n) is 9.57. The number of rotatable bonds is 3. The summed E-state index contributed by atoms with van der Waals surface area (Å²) in [6.45, 7) is 5.52. The summed E-state index contributed by atoms with van der Waals surface area (Å²) in [4.78, 5) is 32.5. The van der Waals surface area contributed by atoms with E-state index < -0.39 is 0 Å². The minimum absolute atomic E-state index is 0.292. The van der Waals surface area contributed by atoms with E-state index in [0.29, 0.717) is 11.2 Å². The van der Waals surface area contributed by atoms with Crippen LogP contribution in [0.3, 0.4) is 0 Å². The highest BCUT2D eigenvalue weighted by Crippen LogP contribution is 2.32. The van der Waals surface area contributed by atoms with Crippen molar-refractivity contribution >= 4 is 22.8 Å². The molecule has 8 heteroatoms. The Morgan fingerprint density at radius 3 is 2.59 bits per heavy atom. The van der Waals surface area contributed by atoms with Crippen molar-refractivity contribution in [3.05, 3.63) is 38.6 Å². The molecule has 0 unspecified atom stereocenters. The molecular formula is C19H26N6O2. The number of nitrogens with one attached hydrogen (secondary N) is 1. The van der Waals surface area contributed by atoms with E-state index in [1.807, 2.05) is 4.57 Å². The van der Waals surface area contributed by atoms with Crippen molar-refractivity contribution in [1.29, 1.82) is 0 Å². The summed E-state index contributed by atoms with van der Waals surface area (Å²) >= 11 is 0. The Balaban J connectivity index is 2.10. The van der Waals surface area contributed by atoms with Gasteiger partial charge in [0.15, 0.2) is 11.2 Å². The van der Waals surface area contributed by atoms with Crippen LogP contribution in [0.2, 0.25) is 0 Å². The molecule has 8 nitrogen and oxygen atoms in total. The molecule has 2 aromatic rings. The first kappa shape index (κ1) is 17.8. The van der Waals surface area contributed by atoms with Crippen LogP contribution >= 0.6 is 0 Å². The highest BCUT2D eigenvalue weighted by Gasteiger charge is 2.26. The van der Waals surface area contributed by atoms with Crippen LogP contribution in [0.5, 0.6) is 0 Å². The Bertz CT molecular complexity index is 1060. The van der Waals surface area contributed by atoms with Crippen molar-refractivity contribution in [3.63, 3.8) is 0 Å². The van der Waals surface area contributed by atoms with Gasteiger partial charge in [-0.25, -0.2) is 4.79 Å². The number of aromatic nitrogens is 4. The molecule has 1 aliphatic carbocycles. The van der Waals surface area contributed by atoms with Gasteiger partial charge >= 0.3 is 5.69 Å². The number of hydrogen-bond acceptors (Lipinski definition) is 5. The Hall–Kier alpha value is -2.61. The molecule has 1 N–H and O–H groups in total. The average Bonchev–Trinajstić information content (AvgIpc) is 3.12. The second-order valence-corrected chi connectivity index (χ2v) is 7.13. The lowest BCUT2D eigenvalue weighted by Gasteiger charge is -2.30. The first-order chi connectivity index (χ1) is 13.0. The molecule has 0 saturated carbocycles. The molecule has 1 saturated heterocycles. The van der Waals surface area contributed by atoms with Gasteiger partial charge in [0.25, 0.3) is 5.56 Å². The van der Waals surface area contributed by atoms with Crippen molar-refractivity contribution in [2.24, 2.45) is 14.1 Å². The van der Waals surface area contributed by atoms with E-state index in [0.717, 1.165) is 57.1 Å². The van der Waals surface area contributed by atoms with E-state index in [1.54, 1.807) is 7.05 Å². The van der Waals surface area contributed by atoms with Crippen LogP contribution in [0.4, 0.5) is 5.95 Å². The van der Waals surface area contributed by atoms with Crippen LogP contribution in [-0.4, -0.2) is 44.9 Å². The predicted octanol–water partition coefficient (Wildman–Crippen LogP) is 0.814.